The Bertz CT molecular complexity index is 933. The van der Waals surface area contributed by atoms with Crippen molar-refractivity contribution in [2.75, 3.05) is 0 Å². The maximum atomic E-state index is 5.79. The molecule has 4 nitrogen and oxygen atoms in total. The number of aromatic amines is 1. The fraction of sp³-hybridized carbons (Fsp3) is 0. The van der Waals surface area contributed by atoms with Crippen LogP contribution in [-0.2, 0) is 0 Å². The summed E-state index contributed by atoms with van der Waals surface area (Å²) in [6.07, 6.45) is 1.71. The van der Waals surface area contributed by atoms with Gasteiger partial charge < -0.3 is 4.74 Å². The van der Waals surface area contributed by atoms with E-state index in [-0.39, 0.29) is 0 Å². The monoisotopic (exact) mass is 313 g/mol. The SMILES string of the molecule is c1ccc(-c2cc(-c3cccc(Oc4ccccn4)c3)[nH]n2)cc1. The zero-order valence-corrected chi connectivity index (χ0v) is 12.9. The van der Waals surface area contributed by atoms with Crippen molar-refractivity contribution in [3.63, 3.8) is 0 Å². The van der Waals surface area contributed by atoms with Crippen LogP contribution in [0.25, 0.3) is 22.5 Å². The smallest absolute Gasteiger partial charge is 0.219 e. The van der Waals surface area contributed by atoms with Crippen LogP contribution in [0.15, 0.2) is 85.1 Å². The van der Waals surface area contributed by atoms with Crippen molar-refractivity contribution < 1.29 is 4.74 Å². The van der Waals surface area contributed by atoms with Crippen LogP contribution in [0.2, 0.25) is 0 Å². The van der Waals surface area contributed by atoms with E-state index in [0.29, 0.717) is 5.88 Å². The summed E-state index contributed by atoms with van der Waals surface area (Å²) in [5.74, 6) is 1.31. The van der Waals surface area contributed by atoms with Gasteiger partial charge in [-0.3, -0.25) is 5.10 Å². The average molecular weight is 313 g/mol. The maximum absolute atomic E-state index is 5.79. The Morgan fingerprint density at radius 3 is 2.42 bits per heavy atom. The molecule has 1 N–H and O–H groups in total. The number of H-pyrrole nitrogens is 1. The molecule has 2 heterocycles. The third-order valence-corrected chi connectivity index (χ3v) is 3.65. The van der Waals surface area contributed by atoms with Gasteiger partial charge in [-0.1, -0.05) is 48.5 Å². The summed E-state index contributed by atoms with van der Waals surface area (Å²) in [7, 11) is 0. The molecule has 116 valence electrons. The maximum Gasteiger partial charge on any atom is 0.219 e. The van der Waals surface area contributed by atoms with Crippen LogP contribution in [-0.4, -0.2) is 15.2 Å². The van der Waals surface area contributed by atoms with E-state index < -0.39 is 0 Å². The average Bonchev–Trinajstić information content (AvgIpc) is 3.14. The van der Waals surface area contributed by atoms with Gasteiger partial charge in [0.05, 0.1) is 11.4 Å². The van der Waals surface area contributed by atoms with Gasteiger partial charge >= 0.3 is 0 Å². The van der Waals surface area contributed by atoms with Crippen LogP contribution in [0, 0.1) is 0 Å². The van der Waals surface area contributed by atoms with E-state index in [2.05, 4.69) is 15.2 Å². The molecule has 0 atom stereocenters. The van der Waals surface area contributed by atoms with E-state index in [1.54, 1.807) is 6.20 Å². The van der Waals surface area contributed by atoms with Crippen LogP contribution in [0.5, 0.6) is 11.6 Å². The van der Waals surface area contributed by atoms with Gasteiger partial charge in [0.15, 0.2) is 0 Å². The van der Waals surface area contributed by atoms with Crippen molar-refractivity contribution >= 4 is 0 Å². The van der Waals surface area contributed by atoms with Crippen molar-refractivity contribution in [3.05, 3.63) is 85.1 Å². The minimum Gasteiger partial charge on any atom is -0.439 e. The first-order chi connectivity index (χ1) is 11.9. The van der Waals surface area contributed by atoms with E-state index in [1.807, 2.05) is 78.9 Å². The van der Waals surface area contributed by atoms with Gasteiger partial charge in [-0.05, 0) is 24.3 Å². The number of ether oxygens (including phenoxy) is 1. The molecule has 0 unspecified atom stereocenters. The van der Waals surface area contributed by atoms with Gasteiger partial charge in [0.1, 0.15) is 5.75 Å². The zero-order chi connectivity index (χ0) is 16.2. The number of benzene rings is 2. The highest BCUT2D eigenvalue weighted by atomic mass is 16.5. The van der Waals surface area contributed by atoms with E-state index in [1.165, 1.54) is 0 Å². The Labute approximate surface area is 139 Å². The van der Waals surface area contributed by atoms with Crippen molar-refractivity contribution in [2.45, 2.75) is 0 Å². The Kier molecular flexibility index (Phi) is 3.78. The van der Waals surface area contributed by atoms with Gasteiger partial charge in [-0.15, -0.1) is 0 Å². The summed E-state index contributed by atoms with van der Waals surface area (Å²) in [4.78, 5) is 4.18. The molecule has 0 aliphatic heterocycles. The molecule has 4 rings (SSSR count). The number of aromatic nitrogens is 3. The normalized spacial score (nSPS) is 10.5. The number of pyridine rings is 1. The molecular formula is C20H15N3O. The van der Waals surface area contributed by atoms with Crippen LogP contribution < -0.4 is 4.74 Å². The largest absolute Gasteiger partial charge is 0.439 e. The Hall–Kier alpha value is -3.40. The summed E-state index contributed by atoms with van der Waals surface area (Å²) in [5, 5.41) is 7.49. The van der Waals surface area contributed by atoms with Crippen LogP contribution in [0.4, 0.5) is 0 Å². The molecule has 0 aliphatic rings. The summed E-state index contributed by atoms with van der Waals surface area (Å²) in [6.45, 7) is 0. The topological polar surface area (TPSA) is 50.8 Å². The van der Waals surface area contributed by atoms with Gasteiger partial charge in [0.2, 0.25) is 5.88 Å². The molecule has 4 aromatic rings. The molecule has 0 fully saturated rings. The Balaban J connectivity index is 1.61. The second-order valence-corrected chi connectivity index (χ2v) is 5.33. The molecule has 24 heavy (non-hydrogen) atoms. The number of hydrogen-bond acceptors (Lipinski definition) is 3. The van der Waals surface area contributed by atoms with Crippen LogP contribution in [0.3, 0.4) is 0 Å². The van der Waals surface area contributed by atoms with Gasteiger partial charge in [0.25, 0.3) is 0 Å². The first-order valence-corrected chi connectivity index (χ1v) is 7.69. The number of rotatable bonds is 4. The van der Waals surface area contributed by atoms with Gasteiger partial charge in [-0.2, -0.15) is 5.10 Å². The summed E-state index contributed by atoms with van der Waals surface area (Å²) >= 11 is 0. The molecule has 2 aromatic heterocycles. The molecule has 0 bridgehead atoms. The fourth-order valence-electron chi connectivity index (χ4n) is 2.48. The standard InChI is InChI=1S/C20H15N3O/c1-2-7-15(8-3-1)18-14-19(23-22-18)16-9-6-10-17(13-16)24-20-11-4-5-12-21-20/h1-14H,(H,22,23). The predicted molar refractivity (Wildman–Crippen MR) is 93.8 cm³/mol. The van der Waals surface area contributed by atoms with Crippen LogP contribution in [0.1, 0.15) is 0 Å². The third kappa shape index (κ3) is 3.03. The lowest BCUT2D eigenvalue weighted by atomic mass is 10.1. The lowest BCUT2D eigenvalue weighted by molar-refractivity contribution is 0.463. The quantitative estimate of drug-likeness (QED) is 0.581. The van der Waals surface area contributed by atoms with E-state index in [0.717, 1.165) is 28.3 Å². The molecule has 0 amide bonds. The minimum absolute atomic E-state index is 0.573. The first kappa shape index (κ1) is 14.2. The highest BCUT2D eigenvalue weighted by Gasteiger charge is 2.07. The minimum atomic E-state index is 0.573. The highest BCUT2D eigenvalue weighted by Crippen LogP contribution is 2.27. The van der Waals surface area contributed by atoms with Gasteiger partial charge in [0, 0.05) is 23.4 Å². The number of hydrogen-bond donors (Lipinski definition) is 1. The first-order valence-electron chi connectivity index (χ1n) is 7.69. The predicted octanol–water partition coefficient (Wildman–Crippen LogP) is 4.93. The second kappa shape index (κ2) is 6.38. The third-order valence-electron chi connectivity index (χ3n) is 3.65. The lowest BCUT2D eigenvalue weighted by Crippen LogP contribution is -1.87. The van der Waals surface area contributed by atoms with E-state index >= 15 is 0 Å². The second-order valence-electron chi connectivity index (χ2n) is 5.33. The molecule has 0 aliphatic carbocycles. The Morgan fingerprint density at radius 2 is 1.58 bits per heavy atom. The lowest BCUT2D eigenvalue weighted by Gasteiger charge is -2.05. The number of nitrogens with one attached hydrogen (secondary N) is 1. The summed E-state index contributed by atoms with van der Waals surface area (Å²) in [5.41, 5.74) is 3.96. The molecule has 0 saturated carbocycles. The fourth-order valence-corrected chi connectivity index (χ4v) is 2.48. The molecule has 2 aromatic carbocycles. The molecule has 4 heteroatoms. The van der Waals surface area contributed by atoms with Gasteiger partial charge in [-0.25, -0.2) is 4.98 Å². The summed E-state index contributed by atoms with van der Waals surface area (Å²) in [6, 6.07) is 25.6. The number of nitrogens with zero attached hydrogens (tertiary/aromatic N) is 2. The van der Waals surface area contributed by atoms with Crippen molar-refractivity contribution in [2.24, 2.45) is 0 Å². The summed E-state index contributed by atoms with van der Waals surface area (Å²) < 4.78 is 5.79. The van der Waals surface area contributed by atoms with Crippen LogP contribution >= 0.6 is 0 Å². The van der Waals surface area contributed by atoms with Crippen molar-refractivity contribution in [1.82, 2.24) is 15.2 Å². The molecule has 0 saturated heterocycles. The highest BCUT2D eigenvalue weighted by molar-refractivity contribution is 5.68. The molecular weight excluding hydrogens is 298 g/mol. The van der Waals surface area contributed by atoms with Crippen molar-refractivity contribution in [3.8, 4) is 34.1 Å². The zero-order valence-electron chi connectivity index (χ0n) is 12.9. The van der Waals surface area contributed by atoms with Crippen molar-refractivity contribution in [1.29, 1.82) is 0 Å². The molecule has 0 radical (unpaired) electrons. The van der Waals surface area contributed by atoms with E-state index in [4.69, 9.17) is 4.74 Å². The Morgan fingerprint density at radius 1 is 0.750 bits per heavy atom. The molecule has 0 spiro atoms. The van der Waals surface area contributed by atoms with E-state index in [9.17, 15) is 0 Å².